The molecule has 5 heteroatoms. The summed E-state index contributed by atoms with van der Waals surface area (Å²) in [7, 11) is 0. The standard InChI is InChI=1S/C20H30O5/c1-7-17(9-11-24-15(3)21)8-10-20(23)14(2)12-18(25-16(4)22)13-19(20,5)6/h9,14,18,23H,7,11-13H2,1-6H3/b17-9+. The van der Waals surface area contributed by atoms with Gasteiger partial charge in [-0.3, -0.25) is 9.59 Å². The lowest BCUT2D eigenvalue weighted by Gasteiger charge is -2.49. The summed E-state index contributed by atoms with van der Waals surface area (Å²) in [5.74, 6) is 5.34. The van der Waals surface area contributed by atoms with Crippen LogP contribution in [0.3, 0.4) is 0 Å². The molecule has 3 atom stereocenters. The van der Waals surface area contributed by atoms with Crippen molar-refractivity contribution in [3.05, 3.63) is 11.6 Å². The summed E-state index contributed by atoms with van der Waals surface area (Å²) in [4.78, 5) is 22.1. The summed E-state index contributed by atoms with van der Waals surface area (Å²) in [5.41, 5.74) is -0.883. The van der Waals surface area contributed by atoms with Gasteiger partial charge in [-0.15, -0.1) is 0 Å². The van der Waals surface area contributed by atoms with Crippen LogP contribution in [0.4, 0.5) is 0 Å². The summed E-state index contributed by atoms with van der Waals surface area (Å²) in [6, 6.07) is 0. The molecule has 0 radical (unpaired) electrons. The van der Waals surface area contributed by atoms with Crippen LogP contribution in [-0.2, 0) is 19.1 Å². The fourth-order valence-corrected chi connectivity index (χ4v) is 3.38. The van der Waals surface area contributed by atoms with Gasteiger partial charge in [0.2, 0.25) is 0 Å². The lowest BCUT2D eigenvalue weighted by molar-refractivity contribution is -0.164. The van der Waals surface area contributed by atoms with Gasteiger partial charge in [0.1, 0.15) is 18.3 Å². The van der Waals surface area contributed by atoms with E-state index in [9.17, 15) is 14.7 Å². The second-order valence-electron chi connectivity index (χ2n) is 7.36. The first-order valence-electron chi connectivity index (χ1n) is 8.77. The molecular formula is C20H30O5. The molecule has 0 heterocycles. The Balaban J connectivity index is 2.98. The van der Waals surface area contributed by atoms with Gasteiger partial charge in [-0.05, 0) is 25.3 Å². The molecule has 1 aliphatic carbocycles. The maximum Gasteiger partial charge on any atom is 0.302 e. The van der Waals surface area contributed by atoms with Gasteiger partial charge in [-0.25, -0.2) is 0 Å². The summed E-state index contributed by atoms with van der Waals surface area (Å²) in [6.07, 6.45) is 3.39. The van der Waals surface area contributed by atoms with E-state index in [1.807, 2.05) is 27.7 Å². The highest BCUT2D eigenvalue weighted by Crippen LogP contribution is 2.47. The fraction of sp³-hybridized carbons (Fsp3) is 0.700. The lowest BCUT2D eigenvalue weighted by atomic mass is 9.60. The SMILES string of the molecule is CC/C(C#CC1(O)C(C)CC(OC(C)=O)CC1(C)C)=C\COC(C)=O. The minimum Gasteiger partial charge on any atom is -0.463 e. The van der Waals surface area contributed by atoms with Crippen molar-refractivity contribution in [1.29, 1.82) is 0 Å². The second kappa shape index (κ2) is 8.53. The molecule has 1 saturated carbocycles. The van der Waals surface area contributed by atoms with E-state index in [-0.39, 0.29) is 30.6 Å². The number of hydrogen-bond acceptors (Lipinski definition) is 5. The fourth-order valence-electron chi connectivity index (χ4n) is 3.38. The molecule has 0 amide bonds. The van der Waals surface area contributed by atoms with Crippen LogP contribution in [0, 0.1) is 23.2 Å². The zero-order valence-corrected chi connectivity index (χ0v) is 16.1. The van der Waals surface area contributed by atoms with Crippen LogP contribution in [0.25, 0.3) is 0 Å². The zero-order valence-electron chi connectivity index (χ0n) is 16.1. The average Bonchev–Trinajstić information content (AvgIpc) is 2.47. The highest BCUT2D eigenvalue weighted by Gasteiger charge is 2.52. The number of ether oxygens (including phenoxy) is 2. The van der Waals surface area contributed by atoms with Crippen molar-refractivity contribution in [3.63, 3.8) is 0 Å². The summed E-state index contributed by atoms with van der Waals surface area (Å²) in [6.45, 7) is 10.7. The maximum absolute atomic E-state index is 11.3. The van der Waals surface area contributed by atoms with Crippen molar-refractivity contribution in [2.45, 2.75) is 72.5 Å². The number of carbonyl (C=O) groups excluding carboxylic acids is 2. The van der Waals surface area contributed by atoms with E-state index in [0.29, 0.717) is 19.3 Å². The van der Waals surface area contributed by atoms with Crippen LogP contribution < -0.4 is 0 Å². The topological polar surface area (TPSA) is 72.8 Å². The number of esters is 2. The van der Waals surface area contributed by atoms with E-state index in [1.54, 1.807) is 6.08 Å². The van der Waals surface area contributed by atoms with Gasteiger partial charge >= 0.3 is 11.9 Å². The molecule has 1 rings (SSSR count). The van der Waals surface area contributed by atoms with E-state index in [2.05, 4.69) is 11.8 Å². The normalized spacial score (nSPS) is 28.5. The first kappa shape index (κ1) is 21.2. The minimum atomic E-state index is -1.18. The number of aliphatic hydroxyl groups is 1. The number of rotatable bonds is 4. The highest BCUT2D eigenvalue weighted by molar-refractivity contribution is 5.66. The quantitative estimate of drug-likeness (QED) is 0.623. The van der Waals surface area contributed by atoms with Crippen LogP contribution in [0.5, 0.6) is 0 Å². The largest absolute Gasteiger partial charge is 0.463 e. The maximum atomic E-state index is 11.3. The van der Waals surface area contributed by atoms with Gasteiger partial charge < -0.3 is 14.6 Å². The van der Waals surface area contributed by atoms with Gasteiger partial charge in [-0.1, -0.05) is 39.5 Å². The van der Waals surface area contributed by atoms with Crippen molar-refractivity contribution in [2.24, 2.45) is 11.3 Å². The van der Waals surface area contributed by atoms with E-state index in [0.717, 1.165) is 5.57 Å². The monoisotopic (exact) mass is 350 g/mol. The molecule has 0 aromatic carbocycles. The van der Waals surface area contributed by atoms with Crippen molar-refractivity contribution < 1.29 is 24.2 Å². The third-order valence-electron chi connectivity index (χ3n) is 4.84. The van der Waals surface area contributed by atoms with Crippen LogP contribution >= 0.6 is 0 Å². The molecule has 0 saturated heterocycles. The minimum absolute atomic E-state index is 0.139. The molecule has 0 spiro atoms. The molecular weight excluding hydrogens is 320 g/mol. The lowest BCUT2D eigenvalue weighted by Crippen LogP contribution is -2.55. The zero-order chi connectivity index (χ0) is 19.3. The Morgan fingerprint density at radius 1 is 1.28 bits per heavy atom. The first-order chi connectivity index (χ1) is 11.5. The van der Waals surface area contributed by atoms with Crippen LogP contribution in [0.15, 0.2) is 11.6 Å². The molecule has 0 bridgehead atoms. The molecule has 0 aromatic heterocycles. The molecule has 1 fully saturated rings. The van der Waals surface area contributed by atoms with Crippen molar-refractivity contribution in [3.8, 4) is 11.8 Å². The Hall–Kier alpha value is -1.80. The predicted molar refractivity (Wildman–Crippen MR) is 95.5 cm³/mol. The van der Waals surface area contributed by atoms with Gasteiger partial charge in [0.15, 0.2) is 0 Å². The van der Waals surface area contributed by atoms with E-state index in [1.165, 1.54) is 13.8 Å². The van der Waals surface area contributed by atoms with Crippen LogP contribution in [0.2, 0.25) is 0 Å². The number of hydrogen-bond donors (Lipinski definition) is 1. The molecule has 25 heavy (non-hydrogen) atoms. The van der Waals surface area contributed by atoms with Gasteiger partial charge in [0.25, 0.3) is 0 Å². The Kier molecular flexibility index (Phi) is 7.25. The van der Waals surface area contributed by atoms with Gasteiger partial charge in [0.05, 0.1) is 0 Å². The predicted octanol–water partition coefficient (Wildman–Crippen LogP) is 3.01. The molecule has 0 aliphatic heterocycles. The first-order valence-corrected chi connectivity index (χ1v) is 8.77. The molecule has 0 aromatic rings. The molecule has 140 valence electrons. The molecule has 5 nitrogen and oxygen atoms in total. The highest BCUT2D eigenvalue weighted by atomic mass is 16.5. The van der Waals surface area contributed by atoms with Crippen molar-refractivity contribution >= 4 is 11.9 Å². The Labute approximate surface area is 150 Å². The Bertz CT molecular complexity index is 593. The molecule has 1 N–H and O–H groups in total. The number of carbonyl (C=O) groups is 2. The average molecular weight is 350 g/mol. The molecule has 1 aliphatic rings. The third-order valence-corrected chi connectivity index (χ3v) is 4.84. The second-order valence-corrected chi connectivity index (χ2v) is 7.36. The van der Waals surface area contributed by atoms with Gasteiger partial charge in [-0.2, -0.15) is 0 Å². The van der Waals surface area contributed by atoms with Crippen molar-refractivity contribution in [2.75, 3.05) is 6.61 Å². The van der Waals surface area contributed by atoms with E-state index in [4.69, 9.17) is 9.47 Å². The molecule has 3 unspecified atom stereocenters. The van der Waals surface area contributed by atoms with E-state index < -0.39 is 11.0 Å². The summed E-state index contributed by atoms with van der Waals surface area (Å²) >= 11 is 0. The summed E-state index contributed by atoms with van der Waals surface area (Å²) in [5, 5.41) is 11.3. The third kappa shape index (κ3) is 5.61. The Morgan fingerprint density at radius 3 is 2.40 bits per heavy atom. The van der Waals surface area contributed by atoms with Crippen LogP contribution in [-0.4, -0.2) is 35.4 Å². The van der Waals surface area contributed by atoms with Crippen molar-refractivity contribution in [1.82, 2.24) is 0 Å². The van der Waals surface area contributed by atoms with Crippen LogP contribution in [0.1, 0.15) is 60.8 Å². The van der Waals surface area contributed by atoms with E-state index >= 15 is 0 Å². The van der Waals surface area contributed by atoms with Gasteiger partial charge in [0, 0.05) is 30.8 Å². The summed E-state index contributed by atoms with van der Waals surface area (Å²) < 4.78 is 10.3. The smallest absolute Gasteiger partial charge is 0.302 e. The Morgan fingerprint density at radius 2 is 1.92 bits per heavy atom. The number of allylic oxidation sites excluding steroid dienone is 1.